The Morgan fingerprint density at radius 2 is 1.22 bits per heavy atom. The molecule has 0 fully saturated rings. The van der Waals surface area contributed by atoms with Gasteiger partial charge in [0, 0.05) is 0 Å². The van der Waals surface area contributed by atoms with Gasteiger partial charge in [-0.15, -0.1) is 0 Å². The van der Waals surface area contributed by atoms with E-state index in [9.17, 15) is 13.0 Å². The van der Waals surface area contributed by atoms with E-state index in [0.29, 0.717) is 6.42 Å². The fraction of sp³-hybridized carbons (Fsp3) is 0.571. The molecule has 0 heterocycles. The van der Waals surface area contributed by atoms with Crippen LogP contribution in [0.3, 0.4) is 0 Å². The number of benzene rings is 2. The highest BCUT2D eigenvalue weighted by atomic mass is 32.2. The molecule has 0 saturated carbocycles. The van der Waals surface area contributed by atoms with Crippen LogP contribution in [0.25, 0.3) is 0 Å². The van der Waals surface area contributed by atoms with Crippen molar-refractivity contribution in [3.63, 3.8) is 0 Å². The van der Waals surface area contributed by atoms with Crippen molar-refractivity contribution in [3.8, 4) is 0 Å². The predicted molar refractivity (Wildman–Crippen MR) is 135 cm³/mol. The molecule has 0 bridgehead atoms. The molecule has 4 heteroatoms. The average molecular weight is 459 g/mol. The molecule has 178 valence electrons. The van der Waals surface area contributed by atoms with Crippen LogP contribution in [0.1, 0.15) is 102 Å². The van der Waals surface area contributed by atoms with Gasteiger partial charge in [0.25, 0.3) is 10.1 Å². The summed E-state index contributed by atoms with van der Waals surface area (Å²) in [7, 11) is -4.25. The lowest BCUT2D eigenvalue weighted by molar-refractivity contribution is 0.331. The molecule has 1 atom stereocenters. The van der Waals surface area contributed by atoms with Crippen molar-refractivity contribution in [2.75, 3.05) is 0 Å². The van der Waals surface area contributed by atoms with Crippen LogP contribution in [0.4, 0.5) is 0 Å². The van der Waals surface area contributed by atoms with E-state index in [1.807, 2.05) is 18.2 Å². The summed E-state index contributed by atoms with van der Waals surface area (Å²) in [4.78, 5) is 0.0488. The number of rotatable bonds is 16. The van der Waals surface area contributed by atoms with Gasteiger partial charge in [-0.05, 0) is 41.9 Å². The largest absolute Gasteiger partial charge is 0.294 e. The lowest BCUT2D eigenvalue weighted by Crippen LogP contribution is -2.30. The van der Waals surface area contributed by atoms with Crippen LogP contribution in [0.2, 0.25) is 0 Å². The standard InChI is InChI=1S/C28H42O3S/c1-3-5-7-8-9-10-11-17-23-28(22-6-4-2,26-19-13-12-14-20-26)24-25-18-15-16-21-27(25)32(29,30)31/h12-16,18-21H,3-11,17,22-24H2,1-2H3,(H,29,30,31). The number of unbranched alkanes of at least 4 members (excludes halogenated alkanes) is 8. The van der Waals surface area contributed by atoms with Gasteiger partial charge in [0.15, 0.2) is 0 Å². The van der Waals surface area contributed by atoms with Gasteiger partial charge in [-0.25, -0.2) is 0 Å². The van der Waals surface area contributed by atoms with E-state index < -0.39 is 10.1 Å². The van der Waals surface area contributed by atoms with Crippen molar-refractivity contribution >= 4 is 10.1 Å². The summed E-state index contributed by atoms with van der Waals surface area (Å²) in [6.45, 7) is 4.46. The molecule has 0 saturated heterocycles. The van der Waals surface area contributed by atoms with Crippen LogP contribution in [-0.2, 0) is 22.0 Å². The lowest BCUT2D eigenvalue weighted by atomic mass is 9.69. The highest BCUT2D eigenvalue weighted by molar-refractivity contribution is 7.85. The maximum absolute atomic E-state index is 12.1. The summed E-state index contributed by atoms with van der Waals surface area (Å²) in [5, 5.41) is 0. The zero-order chi connectivity index (χ0) is 23.3. The monoisotopic (exact) mass is 458 g/mol. The summed E-state index contributed by atoms with van der Waals surface area (Å²) in [6.07, 6.45) is 15.1. The van der Waals surface area contributed by atoms with E-state index in [4.69, 9.17) is 0 Å². The Morgan fingerprint density at radius 3 is 1.84 bits per heavy atom. The van der Waals surface area contributed by atoms with Crippen LogP contribution in [0.5, 0.6) is 0 Å². The highest BCUT2D eigenvalue weighted by Gasteiger charge is 2.33. The molecule has 1 N–H and O–H groups in total. The SMILES string of the molecule is CCCCCCCCCCC(CCCC)(Cc1ccccc1S(=O)(=O)O)c1ccccc1. The highest BCUT2D eigenvalue weighted by Crippen LogP contribution is 2.40. The summed E-state index contributed by atoms with van der Waals surface area (Å²) in [5.41, 5.74) is 1.87. The normalized spacial score (nSPS) is 13.7. The molecule has 0 aliphatic rings. The van der Waals surface area contributed by atoms with Gasteiger partial charge in [0.1, 0.15) is 0 Å². The Balaban J connectivity index is 2.24. The minimum Gasteiger partial charge on any atom is -0.282 e. The van der Waals surface area contributed by atoms with Crippen LogP contribution in [0.15, 0.2) is 59.5 Å². The van der Waals surface area contributed by atoms with Crippen molar-refractivity contribution < 1.29 is 13.0 Å². The molecule has 2 aromatic rings. The van der Waals surface area contributed by atoms with E-state index in [1.165, 1.54) is 56.6 Å². The zero-order valence-electron chi connectivity index (χ0n) is 20.1. The average Bonchev–Trinajstić information content (AvgIpc) is 2.79. The van der Waals surface area contributed by atoms with Gasteiger partial charge >= 0.3 is 0 Å². The fourth-order valence-electron chi connectivity index (χ4n) is 4.86. The summed E-state index contributed by atoms with van der Waals surface area (Å²) in [5.74, 6) is 0. The molecule has 0 aliphatic carbocycles. The minimum atomic E-state index is -4.25. The fourth-order valence-corrected chi connectivity index (χ4v) is 5.58. The second-order valence-electron chi connectivity index (χ2n) is 9.23. The van der Waals surface area contributed by atoms with Crippen LogP contribution < -0.4 is 0 Å². The molecule has 0 amide bonds. The molecule has 3 nitrogen and oxygen atoms in total. The van der Waals surface area contributed by atoms with E-state index in [0.717, 1.165) is 37.7 Å². The second-order valence-corrected chi connectivity index (χ2v) is 10.6. The Kier molecular flexibility index (Phi) is 11.5. The van der Waals surface area contributed by atoms with Crippen LogP contribution in [-0.4, -0.2) is 13.0 Å². The van der Waals surface area contributed by atoms with Gasteiger partial charge < -0.3 is 0 Å². The molecular weight excluding hydrogens is 416 g/mol. The number of hydrogen-bond donors (Lipinski definition) is 1. The summed E-state index contributed by atoms with van der Waals surface area (Å²) < 4.78 is 33.9. The topological polar surface area (TPSA) is 54.4 Å². The Labute approximate surface area is 196 Å². The maximum atomic E-state index is 12.1. The third kappa shape index (κ3) is 8.37. The van der Waals surface area contributed by atoms with Gasteiger partial charge in [0.05, 0.1) is 4.90 Å². The molecule has 0 aliphatic heterocycles. The van der Waals surface area contributed by atoms with Crippen molar-refractivity contribution in [1.82, 2.24) is 0 Å². The summed E-state index contributed by atoms with van der Waals surface area (Å²) in [6, 6.07) is 17.5. The van der Waals surface area contributed by atoms with Gasteiger partial charge in [-0.1, -0.05) is 127 Å². The van der Waals surface area contributed by atoms with E-state index in [-0.39, 0.29) is 10.3 Å². The van der Waals surface area contributed by atoms with E-state index in [1.54, 1.807) is 6.07 Å². The van der Waals surface area contributed by atoms with Gasteiger partial charge in [-0.3, -0.25) is 4.55 Å². The Hall–Kier alpha value is -1.65. The first kappa shape index (κ1) is 26.6. The maximum Gasteiger partial charge on any atom is 0.294 e. The molecule has 0 radical (unpaired) electrons. The molecule has 0 spiro atoms. The van der Waals surface area contributed by atoms with E-state index in [2.05, 4.69) is 38.1 Å². The number of hydrogen-bond acceptors (Lipinski definition) is 2. The quantitative estimate of drug-likeness (QED) is 0.204. The van der Waals surface area contributed by atoms with E-state index >= 15 is 0 Å². The first-order valence-corrected chi connectivity index (χ1v) is 14.0. The third-order valence-electron chi connectivity index (χ3n) is 6.68. The Morgan fingerprint density at radius 1 is 0.688 bits per heavy atom. The molecule has 0 aromatic heterocycles. The molecule has 1 unspecified atom stereocenters. The predicted octanol–water partition coefficient (Wildman–Crippen LogP) is 8.13. The van der Waals surface area contributed by atoms with Gasteiger partial charge in [0.2, 0.25) is 0 Å². The lowest BCUT2D eigenvalue weighted by Gasteiger charge is -2.36. The smallest absolute Gasteiger partial charge is 0.282 e. The van der Waals surface area contributed by atoms with Crippen molar-refractivity contribution in [1.29, 1.82) is 0 Å². The van der Waals surface area contributed by atoms with Crippen molar-refractivity contribution in [2.45, 2.75) is 108 Å². The molecule has 2 rings (SSSR count). The van der Waals surface area contributed by atoms with Gasteiger partial charge in [-0.2, -0.15) is 8.42 Å². The van der Waals surface area contributed by atoms with Crippen LogP contribution >= 0.6 is 0 Å². The first-order valence-electron chi connectivity index (χ1n) is 12.5. The minimum absolute atomic E-state index is 0.0488. The molecule has 2 aromatic carbocycles. The zero-order valence-corrected chi connectivity index (χ0v) is 20.9. The van der Waals surface area contributed by atoms with Crippen molar-refractivity contribution in [3.05, 3.63) is 65.7 Å². The molecule has 32 heavy (non-hydrogen) atoms. The Bertz CT molecular complexity index is 877. The molecular formula is C28H42O3S. The van der Waals surface area contributed by atoms with Crippen molar-refractivity contribution in [2.24, 2.45) is 0 Å². The summed E-state index contributed by atoms with van der Waals surface area (Å²) >= 11 is 0. The second kappa shape index (κ2) is 13.8. The van der Waals surface area contributed by atoms with Crippen LogP contribution in [0, 0.1) is 0 Å². The first-order chi connectivity index (χ1) is 15.4. The third-order valence-corrected chi connectivity index (χ3v) is 7.64.